The molecule has 0 aliphatic rings. The van der Waals surface area contributed by atoms with Crippen molar-refractivity contribution in [3.8, 4) is 0 Å². The van der Waals surface area contributed by atoms with E-state index in [0.717, 1.165) is 17.0 Å². The first-order valence-corrected chi connectivity index (χ1v) is 8.48. The average molecular weight is 343 g/mol. The highest BCUT2D eigenvalue weighted by molar-refractivity contribution is 7.09. The molecule has 0 atom stereocenters. The molecule has 1 aromatic heterocycles. The molecule has 23 heavy (non-hydrogen) atoms. The van der Waals surface area contributed by atoms with E-state index in [1.54, 1.807) is 5.38 Å². The lowest BCUT2D eigenvalue weighted by molar-refractivity contribution is 0.0946. The molecule has 2 aromatic carbocycles. The standard InChI is InChI=1S/C18H15ClN2OS/c19-15-9-5-4-8-14(15)11-20-18(22)16-12-23-17(21-16)10-13-6-2-1-3-7-13/h1-9,12H,10-11H2,(H,20,22). The van der Waals surface area contributed by atoms with E-state index in [0.29, 0.717) is 17.3 Å². The van der Waals surface area contributed by atoms with E-state index in [2.05, 4.69) is 22.4 Å². The number of carbonyl (C=O) groups excluding carboxylic acids is 1. The maximum absolute atomic E-state index is 12.2. The van der Waals surface area contributed by atoms with Crippen LogP contribution in [-0.2, 0) is 13.0 Å². The Balaban J connectivity index is 1.61. The third-order valence-electron chi connectivity index (χ3n) is 3.38. The number of benzene rings is 2. The number of rotatable bonds is 5. The highest BCUT2D eigenvalue weighted by Crippen LogP contribution is 2.16. The van der Waals surface area contributed by atoms with Crippen LogP contribution in [0.15, 0.2) is 60.0 Å². The van der Waals surface area contributed by atoms with Gasteiger partial charge in [-0.2, -0.15) is 0 Å². The summed E-state index contributed by atoms with van der Waals surface area (Å²) < 4.78 is 0. The molecule has 1 heterocycles. The fraction of sp³-hybridized carbons (Fsp3) is 0.111. The van der Waals surface area contributed by atoms with Crippen LogP contribution >= 0.6 is 22.9 Å². The van der Waals surface area contributed by atoms with Gasteiger partial charge in [0.25, 0.3) is 5.91 Å². The van der Waals surface area contributed by atoms with Gasteiger partial charge < -0.3 is 5.32 Å². The van der Waals surface area contributed by atoms with Gasteiger partial charge in [0.1, 0.15) is 5.69 Å². The molecule has 0 unspecified atom stereocenters. The molecule has 0 fully saturated rings. The Hall–Kier alpha value is -2.17. The first kappa shape index (κ1) is 15.7. The topological polar surface area (TPSA) is 42.0 Å². The zero-order chi connectivity index (χ0) is 16.1. The number of halogens is 1. The molecule has 0 saturated heterocycles. The van der Waals surface area contributed by atoms with Crippen LogP contribution < -0.4 is 5.32 Å². The van der Waals surface area contributed by atoms with Crippen LogP contribution in [0.25, 0.3) is 0 Å². The fourth-order valence-corrected chi connectivity index (χ4v) is 3.19. The molecule has 5 heteroatoms. The van der Waals surface area contributed by atoms with Crippen molar-refractivity contribution in [1.29, 1.82) is 0 Å². The lowest BCUT2D eigenvalue weighted by Gasteiger charge is -2.05. The summed E-state index contributed by atoms with van der Waals surface area (Å²) in [5.74, 6) is -0.180. The molecular weight excluding hydrogens is 328 g/mol. The average Bonchev–Trinajstić information content (AvgIpc) is 3.03. The molecule has 0 aliphatic heterocycles. The van der Waals surface area contributed by atoms with Gasteiger partial charge in [0.15, 0.2) is 0 Å². The van der Waals surface area contributed by atoms with Gasteiger partial charge in [0.05, 0.1) is 5.01 Å². The second-order valence-electron chi connectivity index (χ2n) is 5.06. The quantitative estimate of drug-likeness (QED) is 0.750. The molecular formula is C18H15ClN2OS. The number of nitrogens with zero attached hydrogens (tertiary/aromatic N) is 1. The van der Waals surface area contributed by atoms with E-state index in [1.165, 1.54) is 16.9 Å². The van der Waals surface area contributed by atoms with E-state index >= 15 is 0 Å². The first-order chi connectivity index (χ1) is 11.2. The Kier molecular flexibility index (Phi) is 5.05. The van der Waals surface area contributed by atoms with Crippen molar-refractivity contribution >= 4 is 28.8 Å². The maximum Gasteiger partial charge on any atom is 0.271 e. The zero-order valence-electron chi connectivity index (χ0n) is 12.3. The summed E-state index contributed by atoms with van der Waals surface area (Å²) in [7, 11) is 0. The van der Waals surface area contributed by atoms with Gasteiger partial charge in [-0.15, -0.1) is 11.3 Å². The second kappa shape index (κ2) is 7.40. The molecule has 0 spiro atoms. The Morgan fingerprint density at radius 1 is 1.09 bits per heavy atom. The molecule has 1 N–H and O–H groups in total. The SMILES string of the molecule is O=C(NCc1ccccc1Cl)c1csc(Cc2ccccc2)n1. The minimum absolute atomic E-state index is 0.180. The van der Waals surface area contributed by atoms with E-state index in [-0.39, 0.29) is 5.91 Å². The van der Waals surface area contributed by atoms with Gasteiger partial charge in [0, 0.05) is 23.4 Å². The minimum atomic E-state index is -0.180. The molecule has 0 aliphatic carbocycles. The van der Waals surface area contributed by atoms with Gasteiger partial charge in [0.2, 0.25) is 0 Å². The van der Waals surface area contributed by atoms with Crippen molar-refractivity contribution in [2.24, 2.45) is 0 Å². The van der Waals surface area contributed by atoms with Crippen LogP contribution in [0.3, 0.4) is 0 Å². The molecule has 116 valence electrons. The van der Waals surface area contributed by atoms with Crippen molar-refractivity contribution in [2.45, 2.75) is 13.0 Å². The summed E-state index contributed by atoms with van der Waals surface area (Å²) in [6.07, 6.45) is 0.739. The molecule has 1 amide bonds. The zero-order valence-corrected chi connectivity index (χ0v) is 13.9. The Labute approximate surface area is 144 Å². The van der Waals surface area contributed by atoms with Crippen molar-refractivity contribution in [1.82, 2.24) is 10.3 Å². The molecule has 0 radical (unpaired) electrons. The Morgan fingerprint density at radius 2 is 1.83 bits per heavy atom. The number of aromatic nitrogens is 1. The van der Waals surface area contributed by atoms with Gasteiger partial charge in [-0.05, 0) is 17.2 Å². The summed E-state index contributed by atoms with van der Waals surface area (Å²) in [5, 5.41) is 6.22. The van der Waals surface area contributed by atoms with Gasteiger partial charge >= 0.3 is 0 Å². The summed E-state index contributed by atoms with van der Waals surface area (Å²) in [6, 6.07) is 17.6. The van der Waals surface area contributed by atoms with Crippen LogP contribution in [0.5, 0.6) is 0 Å². The second-order valence-corrected chi connectivity index (χ2v) is 6.41. The fourth-order valence-electron chi connectivity index (χ4n) is 2.17. The van der Waals surface area contributed by atoms with Crippen molar-refractivity contribution in [2.75, 3.05) is 0 Å². The molecule has 3 rings (SSSR count). The van der Waals surface area contributed by atoms with Crippen LogP contribution in [0, 0.1) is 0 Å². The van der Waals surface area contributed by atoms with E-state index in [1.807, 2.05) is 42.5 Å². The highest BCUT2D eigenvalue weighted by Gasteiger charge is 2.11. The predicted molar refractivity (Wildman–Crippen MR) is 94.0 cm³/mol. The number of amides is 1. The van der Waals surface area contributed by atoms with Crippen molar-refractivity contribution < 1.29 is 4.79 Å². The Morgan fingerprint density at radius 3 is 2.61 bits per heavy atom. The van der Waals surface area contributed by atoms with Crippen LogP contribution in [0.2, 0.25) is 5.02 Å². The van der Waals surface area contributed by atoms with Crippen molar-refractivity contribution in [3.05, 3.63) is 86.8 Å². The number of carbonyl (C=O) groups is 1. The molecule has 0 bridgehead atoms. The molecule has 3 nitrogen and oxygen atoms in total. The minimum Gasteiger partial charge on any atom is -0.347 e. The van der Waals surface area contributed by atoms with Crippen LogP contribution in [-0.4, -0.2) is 10.9 Å². The summed E-state index contributed by atoms with van der Waals surface area (Å²) in [4.78, 5) is 16.6. The normalized spacial score (nSPS) is 10.5. The highest BCUT2D eigenvalue weighted by atomic mass is 35.5. The first-order valence-electron chi connectivity index (χ1n) is 7.22. The maximum atomic E-state index is 12.2. The number of nitrogens with one attached hydrogen (secondary N) is 1. The van der Waals surface area contributed by atoms with Crippen LogP contribution in [0.1, 0.15) is 26.6 Å². The third kappa shape index (κ3) is 4.18. The lowest BCUT2D eigenvalue weighted by Crippen LogP contribution is -2.23. The van der Waals surface area contributed by atoms with Crippen LogP contribution in [0.4, 0.5) is 0 Å². The number of hydrogen-bond donors (Lipinski definition) is 1. The predicted octanol–water partition coefficient (Wildman–Crippen LogP) is 4.32. The Bertz CT molecular complexity index is 802. The third-order valence-corrected chi connectivity index (χ3v) is 4.60. The number of thiazole rings is 1. The number of hydrogen-bond acceptors (Lipinski definition) is 3. The van der Waals surface area contributed by atoms with E-state index in [9.17, 15) is 4.79 Å². The summed E-state index contributed by atoms with van der Waals surface area (Å²) >= 11 is 7.58. The monoisotopic (exact) mass is 342 g/mol. The molecule has 0 saturated carbocycles. The van der Waals surface area contributed by atoms with Gasteiger partial charge in [-0.1, -0.05) is 60.1 Å². The van der Waals surface area contributed by atoms with Gasteiger partial charge in [-0.25, -0.2) is 4.98 Å². The largest absolute Gasteiger partial charge is 0.347 e. The molecule has 3 aromatic rings. The smallest absolute Gasteiger partial charge is 0.271 e. The summed E-state index contributed by atoms with van der Waals surface area (Å²) in [5.41, 5.74) is 2.53. The summed E-state index contributed by atoms with van der Waals surface area (Å²) in [6.45, 7) is 0.393. The van der Waals surface area contributed by atoms with E-state index < -0.39 is 0 Å². The van der Waals surface area contributed by atoms with E-state index in [4.69, 9.17) is 11.6 Å². The lowest BCUT2D eigenvalue weighted by atomic mass is 10.2. The van der Waals surface area contributed by atoms with Crippen molar-refractivity contribution in [3.63, 3.8) is 0 Å². The van der Waals surface area contributed by atoms with Gasteiger partial charge in [-0.3, -0.25) is 4.79 Å².